The topological polar surface area (TPSA) is 37.3 Å². The number of carboxylic acid groups (broad SMARTS) is 1. The molecule has 0 unspecified atom stereocenters. The van der Waals surface area contributed by atoms with Gasteiger partial charge in [0.15, 0.2) is 0 Å². The SMILES string of the molecule is O=C(O)C1[C@@H]2CC[C@@H]3[C@@H](CC[C@@H]12)C3(Cl)Cl. The number of aliphatic carboxylic acids is 1. The highest BCUT2D eigenvalue weighted by molar-refractivity contribution is 6.51. The van der Waals surface area contributed by atoms with Crippen molar-refractivity contribution in [2.45, 2.75) is 30.0 Å². The summed E-state index contributed by atoms with van der Waals surface area (Å²) in [6, 6.07) is 0. The molecule has 0 aromatic heterocycles. The quantitative estimate of drug-likeness (QED) is 0.725. The first-order chi connectivity index (χ1) is 7.03. The standard InChI is InChI=1S/C11H14Cl2O2/c12-11(13)7-3-1-5-6(2-4-8(7)11)9(5)10(14)15/h5-9H,1-4H2,(H,14,15)/t5-,6-,7-,8-/m1/s1. The highest BCUT2D eigenvalue weighted by Gasteiger charge is 2.65. The van der Waals surface area contributed by atoms with E-state index in [0.717, 1.165) is 25.7 Å². The van der Waals surface area contributed by atoms with E-state index in [9.17, 15) is 4.79 Å². The van der Waals surface area contributed by atoms with Crippen LogP contribution in [0.5, 0.6) is 0 Å². The number of rotatable bonds is 1. The van der Waals surface area contributed by atoms with Crippen molar-refractivity contribution in [3.8, 4) is 0 Å². The summed E-state index contributed by atoms with van der Waals surface area (Å²) < 4.78 is -0.491. The number of hydrogen-bond acceptors (Lipinski definition) is 1. The van der Waals surface area contributed by atoms with E-state index < -0.39 is 10.3 Å². The highest BCUT2D eigenvalue weighted by atomic mass is 35.5. The molecule has 3 fully saturated rings. The van der Waals surface area contributed by atoms with Crippen LogP contribution in [0.1, 0.15) is 25.7 Å². The Morgan fingerprint density at radius 2 is 1.53 bits per heavy atom. The number of alkyl halides is 2. The molecular formula is C11H14Cl2O2. The van der Waals surface area contributed by atoms with Crippen molar-refractivity contribution in [1.29, 1.82) is 0 Å². The Bertz CT molecular complexity index is 294. The van der Waals surface area contributed by atoms with Crippen LogP contribution in [0, 0.1) is 29.6 Å². The Morgan fingerprint density at radius 1 is 1.07 bits per heavy atom. The van der Waals surface area contributed by atoms with E-state index in [2.05, 4.69) is 0 Å². The van der Waals surface area contributed by atoms with Gasteiger partial charge < -0.3 is 5.11 Å². The fourth-order valence-corrected chi connectivity index (χ4v) is 4.51. The van der Waals surface area contributed by atoms with Crippen LogP contribution in [0.15, 0.2) is 0 Å². The smallest absolute Gasteiger partial charge is 0.307 e. The lowest BCUT2D eigenvalue weighted by Gasteiger charge is -2.03. The molecule has 4 atom stereocenters. The number of carboxylic acids is 1. The molecule has 0 spiro atoms. The van der Waals surface area contributed by atoms with Crippen LogP contribution in [-0.2, 0) is 4.79 Å². The van der Waals surface area contributed by atoms with Crippen LogP contribution in [0.25, 0.3) is 0 Å². The molecular weight excluding hydrogens is 235 g/mol. The molecule has 0 aromatic carbocycles. The second kappa shape index (κ2) is 3.04. The summed E-state index contributed by atoms with van der Waals surface area (Å²) in [6.45, 7) is 0. The monoisotopic (exact) mass is 248 g/mol. The minimum absolute atomic E-state index is 0.0671. The van der Waals surface area contributed by atoms with E-state index in [4.69, 9.17) is 28.3 Å². The van der Waals surface area contributed by atoms with Crippen LogP contribution < -0.4 is 0 Å². The van der Waals surface area contributed by atoms with E-state index in [0.29, 0.717) is 23.7 Å². The Morgan fingerprint density at radius 3 is 1.93 bits per heavy atom. The van der Waals surface area contributed by atoms with Crippen molar-refractivity contribution in [2.75, 3.05) is 0 Å². The van der Waals surface area contributed by atoms with Gasteiger partial charge in [-0.2, -0.15) is 0 Å². The van der Waals surface area contributed by atoms with Gasteiger partial charge in [-0.3, -0.25) is 4.79 Å². The maximum Gasteiger partial charge on any atom is 0.307 e. The zero-order valence-electron chi connectivity index (χ0n) is 8.33. The van der Waals surface area contributed by atoms with Gasteiger partial charge in [0.05, 0.1) is 5.92 Å². The Kier molecular flexibility index (Phi) is 2.07. The van der Waals surface area contributed by atoms with Gasteiger partial charge in [-0.15, -0.1) is 23.2 Å². The minimum atomic E-state index is -0.608. The molecule has 4 heteroatoms. The summed E-state index contributed by atoms with van der Waals surface area (Å²) >= 11 is 12.3. The van der Waals surface area contributed by atoms with Crippen LogP contribution in [0.4, 0.5) is 0 Å². The first-order valence-corrected chi connectivity index (χ1v) is 6.39. The van der Waals surface area contributed by atoms with Crippen molar-refractivity contribution >= 4 is 29.2 Å². The van der Waals surface area contributed by atoms with Crippen LogP contribution in [-0.4, -0.2) is 15.4 Å². The Hall–Kier alpha value is 0.0500. The molecule has 3 rings (SSSR count). The van der Waals surface area contributed by atoms with Crippen LogP contribution in [0.3, 0.4) is 0 Å². The zero-order valence-corrected chi connectivity index (χ0v) is 9.84. The van der Waals surface area contributed by atoms with Crippen LogP contribution >= 0.6 is 23.2 Å². The van der Waals surface area contributed by atoms with E-state index >= 15 is 0 Å². The maximum absolute atomic E-state index is 10.9. The van der Waals surface area contributed by atoms with Gasteiger partial charge in [0.2, 0.25) is 0 Å². The largest absolute Gasteiger partial charge is 0.481 e. The Labute approximate surface area is 98.9 Å². The molecule has 3 saturated carbocycles. The number of fused-ring (bicyclic) bond motifs is 2. The third-order valence-corrected chi connectivity index (χ3v) is 5.73. The molecule has 0 saturated heterocycles. The van der Waals surface area contributed by atoms with Gasteiger partial charge in [0.1, 0.15) is 4.33 Å². The van der Waals surface area contributed by atoms with Gasteiger partial charge in [0, 0.05) is 0 Å². The second-order valence-corrected chi connectivity index (χ2v) is 6.68. The molecule has 0 bridgehead atoms. The molecule has 0 heterocycles. The lowest BCUT2D eigenvalue weighted by molar-refractivity contribution is -0.139. The normalized spacial score (nSPS) is 50.7. The number of halogens is 2. The second-order valence-electron chi connectivity index (χ2n) is 5.23. The predicted molar refractivity (Wildman–Crippen MR) is 58.0 cm³/mol. The van der Waals surface area contributed by atoms with Gasteiger partial charge in [-0.05, 0) is 49.4 Å². The molecule has 0 amide bonds. The first-order valence-electron chi connectivity index (χ1n) is 5.64. The van der Waals surface area contributed by atoms with E-state index in [1.807, 2.05) is 0 Å². The van der Waals surface area contributed by atoms with Gasteiger partial charge in [-0.25, -0.2) is 0 Å². The predicted octanol–water partition coefficient (Wildman–Crippen LogP) is 2.93. The van der Waals surface area contributed by atoms with Gasteiger partial charge in [0.25, 0.3) is 0 Å². The lowest BCUT2D eigenvalue weighted by Crippen LogP contribution is -2.01. The zero-order chi connectivity index (χ0) is 10.8. The summed E-state index contributed by atoms with van der Waals surface area (Å²) in [5.74, 6) is 1.00. The van der Waals surface area contributed by atoms with Crippen molar-refractivity contribution in [2.24, 2.45) is 29.6 Å². The molecule has 15 heavy (non-hydrogen) atoms. The van der Waals surface area contributed by atoms with E-state index in [1.54, 1.807) is 0 Å². The Balaban J connectivity index is 1.67. The van der Waals surface area contributed by atoms with Crippen molar-refractivity contribution < 1.29 is 9.90 Å². The van der Waals surface area contributed by atoms with Crippen molar-refractivity contribution in [3.63, 3.8) is 0 Å². The fraction of sp³-hybridized carbons (Fsp3) is 0.909. The average molecular weight is 249 g/mol. The minimum Gasteiger partial charge on any atom is -0.481 e. The third-order valence-electron chi connectivity index (χ3n) is 4.60. The molecule has 84 valence electrons. The van der Waals surface area contributed by atoms with Gasteiger partial charge >= 0.3 is 5.97 Å². The molecule has 1 N–H and O–H groups in total. The van der Waals surface area contributed by atoms with Crippen molar-refractivity contribution in [3.05, 3.63) is 0 Å². The van der Waals surface area contributed by atoms with Gasteiger partial charge in [-0.1, -0.05) is 0 Å². The summed E-state index contributed by atoms with van der Waals surface area (Å²) in [7, 11) is 0. The maximum atomic E-state index is 10.9. The lowest BCUT2D eigenvalue weighted by atomic mass is 10.0. The summed E-state index contributed by atoms with van der Waals surface area (Å²) in [5, 5.41) is 9.00. The summed E-state index contributed by atoms with van der Waals surface area (Å²) in [4.78, 5) is 10.9. The first kappa shape index (κ1) is 10.2. The molecule has 3 aliphatic rings. The molecule has 0 radical (unpaired) electrons. The third kappa shape index (κ3) is 1.41. The summed E-state index contributed by atoms with van der Waals surface area (Å²) in [5.41, 5.74) is 0. The highest BCUT2D eigenvalue weighted by Crippen LogP contribution is 2.67. The van der Waals surface area contributed by atoms with Crippen LogP contribution in [0.2, 0.25) is 0 Å². The molecule has 0 aromatic rings. The molecule has 0 aliphatic heterocycles. The number of carbonyl (C=O) groups is 1. The fourth-order valence-electron chi connectivity index (χ4n) is 3.59. The number of hydrogen-bond donors (Lipinski definition) is 1. The van der Waals surface area contributed by atoms with E-state index in [-0.39, 0.29) is 5.92 Å². The molecule has 2 nitrogen and oxygen atoms in total. The summed E-state index contributed by atoms with van der Waals surface area (Å²) in [6.07, 6.45) is 4.04. The van der Waals surface area contributed by atoms with Crippen molar-refractivity contribution in [1.82, 2.24) is 0 Å². The average Bonchev–Trinajstić information content (AvgIpc) is 2.88. The molecule has 3 aliphatic carbocycles. The van der Waals surface area contributed by atoms with E-state index in [1.165, 1.54) is 0 Å².